The van der Waals surface area contributed by atoms with Crippen LogP contribution in [0.25, 0.3) is 0 Å². The molecule has 0 amide bonds. The molecule has 0 N–H and O–H groups in total. The van der Waals surface area contributed by atoms with E-state index in [4.69, 9.17) is 0 Å². The van der Waals surface area contributed by atoms with E-state index in [1.54, 1.807) is 25.4 Å². The summed E-state index contributed by atoms with van der Waals surface area (Å²) in [5.41, 5.74) is 0. The van der Waals surface area contributed by atoms with Crippen LogP contribution in [0.1, 0.15) is 0 Å². The van der Waals surface area contributed by atoms with E-state index in [0.717, 1.165) is 0 Å². The zero-order chi connectivity index (χ0) is 8.27. The molecule has 0 aliphatic carbocycles. The van der Waals surface area contributed by atoms with Crippen LogP contribution in [0, 0.1) is 10.1 Å². The minimum atomic E-state index is -0.838. The predicted molar refractivity (Wildman–Crippen MR) is 35.2 cm³/mol. The molecule has 1 aromatic heterocycles. The van der Waals surface area contributed by atoms with E-state index in [0.29, 0.717) is 0 Å². The molecule has 0 aliphatic rings. The Kier molecular flexibility index (Phi) is 2.00. The fourth-order valence-electron chi connectivity index (χ4n) is 0.679. The van der Waals surface area contributed by atoms with Crippen molar-refractivity contribution in [2.24, 2.45) is 7.05 Å². The van der Waals surface area contributed by atoms with Crippen molar-refractivity contribution in [3.05, 3.63) is 34.5 Å². The first kappa shape index (κ1) is 7.46. The molecule has 0 saturated heterocycles. The van der Waals surface area contributed by atoms with Gasteiger partial charge in [-0.05, 0) is 6.07 Å². The monoisotopic (exact) mass is 155 g/mol. The van der Waals surface area contributed by atoms with Crippen LogP contribution >= 0.6 is 0 Å². The molecule has 0 bridgehead atoms. The zero-order valence-electron chi connectivity index (χ0n) is 5.93. The molecular formula is C6H7N2O3+. The van der Waals surface area contributed by atoms with E-state index >= 15 is 0 Å². The molecule has 0 fully saturated rings. The third kappa shape index (κ3) is 1.89. The molecule has 0 aliphatic heterocycles. The van der Waals surface area contributed by atoms with Crippen LogP contribution in [0.4, 0.5) is 0 Å². The maximum absolute atomic E-state index is 9.89. The maximum Gasteiger partial charge on any atom is 0.356 e. The molecule has 1 rings (SSSR count). The van der Waals surface area contributed by atoms with Crippen molar-refractivity contribution in [1.82, 2.24) is 0 Å². The molecule has 11 heavy (non-hydrogen) atoms. The Labute approximate surface area is 62.9 Å². The maximum atomic E-state index is 9.89. The van der Waals surface area contributed by atoms with Gasteiger partial charge in [-0.15, -0.1) is 10.1 Å². The largest absolute Gasteiger partial charge is 0.356 e. The molecule has 1 aromatic rings. The lowest BCUT2D eigenvalue weighted by Gasteiger charge is -1.93. The van der Waals surface area contributed by atoms with Gasteiger partial charge in [0.05, 0.1) is 0 Å². The van der Waals surface area contributed by atoms with Gasteiger partial charge in [0.1, 0.15) is 7.05 Å². The lowest BCUT2D eigenvalue weighted by atomic mass is 10.5. The van der Waals surface area contributed by atoms with Crippen LogP contribution in [0.3, 0.4) is 0 Å². The molecule has 0 aromatic carbocycles. The lowest BCUT2D eigenvalue weighted by Crippen LogP contribution is -2.31. The fourth-order valence-corrected chi connectivity index (χ4v) is 0.679. The van der Waals surface area contributed by atoms with E-state index < -0.39 is 5.09 Å². The van der Waals surface area contributed by atoms with Crippen molar-refractivity contribution in [2.75, 3.05) is 0 Å². The normalized spacial score (nSPS) is 9.18. The molecule has 5 nitrogen and oxygen atoms in total. The highest BCUT2D eigenvalue weighted by molar-refractivity contribution is 5.00. The van der Waals surface area contributed by atoms with E-state index in [9.17, 15) is 10.1 Å². The first-order valence-corrected chi connectivity index (χ1v) is 2.97. The number of aryl methyl sites for hydroxylation is 1. The number of aromatic nitrogens is 1. The van der Waals surface area contributed by atoms with E-state index in [1.165, 1.54) is 10.6 Å². The summed E-state index contributed by atoms with van der Waals surface area (Å²) in [6.07, 6.45) is 1.67. The summed E-state index contributed by atoms with van der Waals surface area (Å²) in [4.78, 5) is 14.1. The Bertz CT molecular complexity index is 274. The van der Waals surface area contributed by atoms with Crippen molar-refractivity contribution in [3.63, 3.8) is 0 Å². The van der Waals surface area contributed by atoms with Gasteiger partial charge in [0.15, 0.2) is 6.20 Å². The van der Waals surface area contributed by atoms with E-state index in [-0.39, 0.29) is 5.88 Å². The van der Waals surface area contributed by atoms with Crippen molar-refractivity contribution in [2.45, 2.75) is 0 Å². The molecule has 58 valence electrons. The summed E-state index contributed by atoms with van der Waals surface area (Å²) in [5.74, 6) is 0.206. The molecule has 0 spiro atoms. The quantitative estimate of drug-likeness (QED) is 0.345. The van der Waals surface area contributed by atoms with Crippen LogP contribution in [0.2, 0.25) is 0 Å². The van der Waals surface area contributed by atoms with Gasteiger partial charge in [0.2, 0.25) is 0 Å². The Hall–Kier alpha value is -1.65. The summed E-state index contributed by atoms with van der Waals surface area (Å²) in [7, 11) is 1.67. The number of hydrogen-bond acceptors (Lipinski definition) is 3. The van der Waals surface area contributed by atoms with Gasteiger partial charge >= 0.3 is 11.0 Å². The zero-order valence-corrected chi connectivity index (χ0v) is 5.93. The van der Waals surface area contributed by atoms with Gasteiger partial charge in [-0.25, -0.2) is 4.84 Å². The number of pyridine rings is 1. The smallest absolute Gasteiger partial charge is 0.206 e. The average molecular weight is 155 g/mol. The minimum absolute atomic E-state index is 0.206. The fraction of sp³-hybridized carbons (Fsp3) is 0.167. The van der Waals surface area contributed by atoms with E-state index in [1.807, 2.05) is 0 Å². The van der Waals surface area contributed by atoms with Crippen molar-refractivity contribution in [3.8, 4) is 5.88 Å². The molecule has 5 heteroatoms. The van der Waals surface area contributed by atoms with Gasteiger partial charge in [-0.1, -0.05) is 0 Å². The molecular weight excluding hydrogens is 148 g/mol. The molecule has 0 saturated carbocycles. The topological polar surface area (TPSA) is 56.2 Å². The summed E-state index contributed by atoms with van der Waals surface area (Å²) < 4.78 is 1.52. The molecule has 1 heterocycles. The number of hydrogen-bond donors (Lipinski definition) is 0. The Morgan fingerprint density at radius 1 is 1.64 bits per heavy atom. The SMILES string of the molecule is C[n+]1ccccc1O[N+](=O)[O-]. The van der Waals surface area contributed by atoms with Crippen molar-refractivity contribution >= 4 is 0 Å². The highest BCUT2D eigenvalue weighted by Gasteiger charge is 2.08. The van der Waals surface area contributed by atoms with Crippen molar-refractivity contribution in [1.29, 1.82) is 0 Å². The minimum Gasteiger partial charge on any atom is -0.206 e. The lowest BCUT2D eigenvalue weighted by molar-refractivity contribution is -0.772. The Morgan fingerprint density at radius 3 is 2.91 bits per heavy atom. The van der Waals surface area contributed by atoms with Gasteiger partial charge in [0, 0.05) is 12.1 Å². The predicted octanol–water partition coefficient (Wildman–Crippen LogP) is 0.0816. The molecule has 0 unspecified atom stereocenters. The first-order valence-electron chi connectivity index (χ1n) is 2.97. The molecule has 0 radical (unpaired) electrons. The third-order valence-electron chi connectivity index (χ3n) is 1.18. The second kappa shape index (κ2) is 2.96. The van der Waals surface area contributed by atoms with Gasteiger partial charge in [0.25, 0.3) is 0 Å². The van der Waals surface area contributed by atoms with Gasteiger partial charge < -0.3 is 0 Å². The van der Waals surface area contributed by atoms with Crippen LogP contribution in [-0.4, -0.2) is 5.09 Å². The van der Waals surface area contributed by atoms with Crippen molar-refractivity contribution < 1.29 is 14.5 Å². The number of rotatable bonds is 2. The van der Waals surface area contributed by atoms with Gasteiger partial charge in [-0.3, -0.25) is 0 Å². The highest BCUT2D eigenvalue weighted by Crippen LogP contribution is 1.99. The van der Waals surface area contributed by atoms with Crippen LogP contribution in [0.5, 0.6) is 5.88 Å². The second-order valence-electron chi connectivity index (χ2n) is 1.96. The van der Waals surface area contributed by atoms with Crippen LogP contribution in [-0.2, 0) is 7.05 Å². The summed E-state index contributed by atoms with van der Waals surface area (Å²) in [5, 5.41) is 9.05. The average Bonchev–Trinajstić information content (AvgIpc) is 1.93. The van der Waals surface area contributed by atoms with Gasteiger partial charge in [-0.2, -0.15) is 4.57 Å². The van der Waals surface area contributed by atoms with Crippen LogP contribution < -0.4 is 9.40 Å². The van der Waals surface area contributed by atoms with Crippen LogP contribution in [0.15, 0.2) is 24.4 Å². The number of nitrogens with zero attached hydrogens (tertiary/aromatic N) is 2. The Morgan fingerprint density at radius 2 is 2.36 bits per heavy atom. The molecule has 0 atom stereocenters. The second-order valence-corrected chi connectivity index (χ2v) is 1.96. The highest BCUT2D eigenvalue weighted by atomic mass is 17.0. The first-order chi connectivity index (χ1) is 5.20. The Balaban J connectivity index is 2.86. The summed E-state index contributed by atoms with van der Waals surface area (Å²) in [6.45, 7) is 0. The third-order valence-corrected chi connectivity index (χ3v) is 1.18. The summed E-state index contributed by atoms with van der Waals surface area (Å²) in [6, 6.07) is 4.94. The standard InChI is InChI=1S/C6H7N2O3/c1-7-5-3-2-4-6(7)11-8(9)10/h2-5H,1H3/q+1. The van der Waals surface area contributed by atoms with E-state index in [2.05, 4.69) is 4.84 Å². The summed E-state index contributed by atoms with van der Waals surface area (Å²) >= 11 is 0.